The SMILES string of the molecule is C/C(=N/NC(N)=O)C1C=CC(C)CC1. The first-order valence-corrected chi connectivity index (χ1v) is 4.87. The van der Waals surface area contributed by atoms with Crippen LogP contribution in [0.15, 0.2) is 17.3 Å². The summed E-state index contributed by atoms with van der Waals surface area (Å²) in [5.41, 5.74) is 8.07. The maximum absolute atomic E-state index is 10.4. The number of rotatable bonds is 2. The fraction of sp³-hybridized carbons (Fsp3) is 0.600. The van der Waals surface area contributed by atoms with Crippen molar-refractivity contribution in [2.45, 2.75) is 26.7 Å². The van der Waals surface area contributed by atoms with Crippen molar-refractivity contribution in [1.29, 1.82) is 0 Å². The Balaban J connectivity index is 2.52. The largest absolute Gasteiger partial charge is 0.350 e. The molecule has 2 unspecified atom stereocenters. The van der Waals surface area contributed by atoms with E-state index in [4.69, 9.17) is 5.73 Å². The quantitative estimate of drug-likeness (QED) is 0.392. The average molecular weight is 195 g/mol. The van der Waals surface area contributed by atoms with E-state index < -0.39 is 6.03 Å². The molecule has 78 valence electrons. The van der Waals surface area contributed by atoms with E-state index in [1.165, 1.54) is 6.42 Å². The summed E-state index contributed by atoms with van der Waals surface area (Å²) in [6.45, 7) is 4.10. The van der Waals surface area contributed by atoms with Gasteiger partial charge in [-0.1, -0.05) is 19.1 Å². The molecule has 0 fully saturated rings. The van der Waals surface area contributed by atoms with Crippen molar-refractivity contribution in [3.63, 3.8) is 0 Å². The molecule has 0 saturated carbocycles. The Kier molecular flexibility index (Phi) is 3.68. The molecule has 14 heavy (non-hydrogen) atoms. The minimum Gasteiger partial charge on any atom is -0.350 e. The molecule has 2 atom stereocenters. The van der Waals surface area contributed by atoms with Crippen LogP contribution in [0.2, 0.25) is 0 Å². The van der Waals surface area contributed by atoms with Gasteiger partial charge < -0.3 is 5.73 Å². The van der Waals surface area contributed by atoms with Gasteiger partial charge in [0.1, 0.15) is 0 Å². The van der Waals surface area contributed by atoms with E-state index in [-0.39, 0.29) is 0 Å². The molecule has 0 aromatic heterocycles. The summed E-state index contributed by atoms with van der Waals surface area (Å²) in [7, 11) is 0. The van der Waals surface area contributed by atoms with E-state index in [0.29, 0.717) is 11.8 Å². The summed E-state index contributed by atoms with van der Waals surface area (Å²) < 4.78 is 0. The second-order valence-electron chi connectivity index (χ2n) is 3.78. The van der Waals surface area contributed by atoms with Crippen molar-refractivity contribution in [2.24, 2.45) is 22.7 Å². The van der Waals surface area contributed by atoms with Crippen molar-refractivity contribution in [3.05, 3.63) is 12.2 Å². The summed E-state index contributed by atoms with van der Waals surface area (Å²) in [6.07, 6.45) is 6.60. The maximum Gasteiger partial charge on any atom is 0.332 e. The minimum absolute atomic E-state index is 0.345. The summed E-state index contributed by atoms with van der Waals surface area (Å²) in [4.78, 5) is 10.4. The molecule has 4 heteroatoms. The van der Waals surface area contributed by atoms with Gasteiger partial charge in [-0.2, -0.15) is 5.10 Å². The van der Waals surface area contributed by atoms with Crippen molar-refractivity contribution in [2.75, 3.05) is 0 Å². The zero-order valence-electron chi connectivity index (χ0n) is 8.66. The number of primary amides is 1. The van der Waals surface area contributed by atoms with Crippen LogP contribution < -0.4 is 11.2 Å². The second kappa shape index (κ2) is 4.79. The third-order valence-corrected chi connectivity index (χ3v) is 2.48. The Labute approximate surface area is 84.2 Å². The molecule has 0 radical (unpaired) electrons. The fourth-order valence-corrected chi connectivity index (χ4v) is 1.53. The van der Waals surface area contributed by atoms with Gasteiger partial charge >= 0.3 is 6.03 Å². The lowest BCUT2D eigenvalue weighted by Crippen LogP contribution is -2.27. The van der Waals surface area contributed by atoms with Crippen LogP contribution in [-0.2, 0) is 0 Å². The van der Waals surface area contributed by atoms with Crippen molar-refractivity contribution in [3.8, 4) is 0 Å². The van der Waals surface area contributed by atoms with Crippen LogP contribution in [0.25, 0.3) is 0 Å². The van der Waals surface area contributed by atoms with Crippen molar-refractivity contribution < 1.29 is 4.79 Å². The van der Waals surface area contributed by atoms with E-state index in [1.54, 1.807) is 0 Å². The topological polar surface area (TPSA) is 67.5 Å². The number of nitrogens with zero attached hydrogens (tertiary/aromatic N) is 1. The highest BCUT2D eigenvalue weighted by molar-refractivity contribution is 5.87. The summed E-state index contributed by atoms with van der Waals surface area (Å²) in [6, 6.07) is -0.613. The molecule has 1 aliphatic rings. The lowest BCUT2D eigenvalue weighted by molar-refractivity contribution is 0.249. The van der Waals surface area contributed by atoms with Gasteiger partial charge in [-0.15, -0.1) is 0 Å². The van der Waals surface area contributed by atoms with Crippen LogP contribution in [0.5, 0.6) is 0 Å². The Bertz CT molecular complexity index is 271. The standard InChI is InChI=1S/C10H17N3O/c1-7-3-5-9(6-4-7)8(2)12-13-10(11)14/h3,5,7,9H,4,6H2,1-2H3,(H3,11,13,14)/b12-8-. The van der Waals surface area contributed by atoms with Gasteiger partial charge in [0.05, 0.1) is 0 Å². The van der Waals surface area contributed by atoms with E-state index >= 15 is 0 Å². The predicted octanol–water partition coefficient (Wildman–Crippen LogP) is 1.63. The number of hydrogen-bond donors (Lipinski definition) is 2. The minimum atomic E-state index is -0.613. The fourth-order valence-electron chi connectivity index (χ4n) is 1.53. The number of carbonyl (C=O) groups is 1. The molecule has 0 bridgehead atoms. The molecule has 1 rings (SSSR count). The first-order chi connectivity index (χ1) is 6.59. The number of hydrazone groups is 1. The third kappa shape index (κ3) is 3.20. The number of nitrogens with two attached hydrogens (primary N) is 1. The number of carbonyl (C=O) groups excluding carboxylic acids is 1. The third-order valence-electron chi connectivity index (χ3n) is 2.48. The van der Waals surface area contributed by atoms with Gasteiger partial charge in [-0.3, -0.25) is 0 Å². The van der Waals surface area contributed by atoms with Crippen LogP contribution in [0.1, 0.15) is 26.7 Å². The summed E-state index contributed by atoms with van der Waals surface area (Å²) in [5.74, 6) is 1.00. The van der Waals surface area contributed by atoms with Gasteiger partial charge in [-0.05, 0) is 25.7 Å². The molecule has 0 saturated heterocycles. The lowest BCUT2D eigenvalue weighted by atomic mass is 9.87. The monoisotopic (exact) mass is 195 g/mol. The van der Waals surface area contributed by atoms with Crippen LogP contribution in [0, 0.1) is 11.8 Å². The highest BCUT2D eigenvalue weighted by Gasteiger charge is 2.15. The predicted molar refractivity (Wildman–Crippen MR) is 56.9 cm³/mol. The van der Waals surface area contributed by atoms with Gasteiger partial charge in [0.2, 0.25) is 0 Å². The van der Waals surface area contributed by atoms with Gasteiger partial charge in [0.25, 0.3) is 0 Å². The molecule has 1 aliphatic carbocycles. The zero-order chi connectivity index (χ0) is 10.6. The van der Waals surface area contributed by atoms with E-state index in [1.807, 2.05) is 6.92 Å². The van der Waals surface area contributed by atoms with Crippen LogP contribution in [0.4, 0.5) is 4.79 Å². The molecule has 0 aromatic carbocycles. The Hall–Kier alpha value is -1.32. The highest BCUT2D eigenvalue weighted by atomic mass is 16.2. The van der Waals surface area contributed by atoms with Crippen LogP contribution in [-0.4, -0.2) is 11.7 Å². The highest BCUT2D eigenvalue weighted by Crippen LogP contribution is 2.22. The molecular formula is C10H17N3O. The zero-order valence-corrected chi connectivity index (χ0v) is 8.66. The second-order valence-corrected chi connectivity index (χ2v) is 3.78. The lowest BCUT2D eigenvalue weighted by Gasteiger charge is -2.19. The van der Waals surface area contributed by atoms with Gasteiger partial charge in [0.15, 0.2) is 0 Å². The molecular weight excluding hydrogens is 178 g/mol. The average Bonchev–Trinajstić information content (AvgIpc) is 2.15. The molecule has 2 amide bonds. The number of hydrogen-bond acceptors (Lipinski definition) is 2. The summed E-state index contributed by atoms with van der Waals surface area (Å²) in [5, 5.41) is 3.91. The van der Waals surface area contributed by atoms with Gasteiger partial charge in [-0.25, -0.2) is 10.2 Å². The normalized spacial score (nSPS) is 27.4. The van der Waals surface area contributed by atoms with Crippen molar-refractivity contribution in [1.82, 2.24) is 5.43 Å². The number of urea groups is 1. The van der Waals surface area contributed by atoms with Crippen LogP contribution >= 0.6 is 0 Å². The van der Waals surface area contributed by atoms with Crippen LogP contribution in [0.3, 0.4) is 0 Å². The van der Waals surface area contributed by atoms with Gasteiger partial charge in [0, 0.05) is 11.6 Å². The first-order valence-electron chi connectivity index (χ1n) is 4.87. The number of amides is 2. The number of allylic oxidation sites excluding steroid dienone is 2. The van der Waals surface area contributed by atoms with E-state index in [9.17, 15) is 4.79 Å². The number of nitrogens with one attached hydrogen (secondary N) is 1. The molecule has 0 heterocycles. The van der Waals surface area contributed by atoms with E-state index in [2.05, 4.69) is 29.6 Å². The molecule has 3 N–H and O–H groups in total. The Morgan fingerprint density at radius 1 is 1.50 bits per heavy atom. The molecule has 0 spiro atoms. The first kappa shape index (κ1) is 10.8. The Morgan fingerprint density at radius 2 is 2.21 bits per heavy atom. The summed E-state index contributed by atoms with van der Waals surface area (Å²) >= 11 is 0. The molecule has 0 aromatic rings. The smallest absolute Gasteiger partial charge is 0.332 e. The molecule has 0 aliphatic heterocycles. The molecule has 4 nitrogen and oxygen atoms in total. The Morgan fingerprint density at radius 3 is 2.71 bits per heavy atom. The maximum atomic E-state index is 10.4. The van der Waals surface area contributed by atoms with E-state index in [0.717, 1.165) is 12.1 Å². The van der Waals surface area contributed by atoms with Crippen molar-refractivity contribution >= 4 is 11.7 Å².